The number of hydrogen-bond donors (Lipinski definition) is 2. The Morgan fingerprint density at radius 1 is 0.824 bits per heavy atom. The average Bonchev–Trinajstić information content (AvgIpc) is 2.21. The molecule has 0 aliphatic carbocycles. The van der Waals surface area contributed by atoms with Gasteiger partial charge in [-0.15, -0.1) is 0 Å². The minimum Gasteiger partial charge on any atom is -0.395 e. The fourth-order valence-corrected chi connectivity index (χ4v) is 4.22. The molecule has 4 nitrogen and oxygen atoms in total. The van der Waals surface area contributed by atoms with Crippen molar-refractivity contribution in [3.8, 4) is 0 Å². The number of aliphatic hydroxyl groups is 2. The van der Waals surface area contributed by atoms with E-state index in [4.69, 9.17) is 0 Å². The first-order chi connectivity index (χ1) is 7.75. The van der Waals surface area contributed by atoms with Crippen LogP contribution in [0.1, 0.15) is 40.5 Å². The summed E-state index contributed by atoms with van der Waals surface area (Å²) >= 11 is 0. The Balaban J connectivity index is 4.91. The molecule has 2 atom stereocenters. The van der Waals surface area contributed by atoms with E-state index in [0.29, 0.717) is 12.8 Å². The summed E-state index contributed by atoms with van der Waals surface area (Å²) in [5.74, 6) is 0.417. The standard InChI is InChI=1S/C12H26O4S/c1-9(2)5-11(7-13)17(15,16)12(8-14)6-10(3)4/h9-14H,5-8H2,1-4H3. The van der Waals surface area contributed by atoms with Crippen molar-refractivity contribution in [2.45, 2.75) is 51.0 Å². The second kappa shape index (κ2) is 7.34. The molecule has 0 fully saturated rings. The van der Waals surface area contributed by atoms with Crippen molar-refractivity contribution in [3.63, 3.8) is 0 Å². The fraction of sp³-hybridized carbons (Fsp3) is 1.00. The highest BCUT2D eigenvalue weighted by molar-refractivity contribution is 7.92. The smallest absolute Gasteiger partial charge is 0.160 e. The first kappa shape index (κ1) is 16.9. The third kappa shape index (κ3) is 5.36. The van der Waals surface area contributed by atoms with E-state index in [-0.39, 0.29) is 25.0 Å². The Hall–Kier alpha value is -0.130. The minimum atomic E-state index is -3.45. The van der Waals surface area contributed by atoms with Gasteiger partial charge >= 0.3 is 0 Å². The summed E-state index contributed by atoms with van der Waals surface area (Å²) in [5, 5.41) is 17.0. The minimum absolute atomic E-state index is 0.209. The van der Waals surface area contributed by atoms with Gasteiger partial charge in [0.05, 0.1) is 23.7 Å². The Morgan fingerprint density at radius 2 is 1.12 bits per heavy atom. The molecular weight excluding hydrogens is 240 g/mol. The van der Waals surface area contributed by atoms with Crippen LogP contribution in [0.25, 0.3) is 0 Å². The first-order valence-electron chi connectivity index (χ1n) is 6.20. The third-order valence-corrected chi connectivity index (χ3v) is 5.35. The largest absolute Gasteiger partial charge is 0.395 e. The van der Waals surface area contributed by atoms with Gasteiger partial charge in [-0.25, -0.2) is 8.42 Å². The summed E-state index contributed by atoms with van der Waals surface area (Å²) in [4.78, 5) is 0. The summed E-state index contributed by atoms with van der Waals surface area (Å²) in [7, 11) is -3.45. The number of rotatable bonds is 8. The van der Waals surface area contributed by atoms with Crippen LogP contribution in [0.5, 0.6) is 0 Å². The highest BCUT2D eigenvalue weighted by Crippen LogP contribution is 2.21. The molecule has 0 spiro atoms. The molecule has 0 heterocycles. The van der Waals surface area contributed by atoms with Crippen molar-refractivity contribution < 1.29 is 18.6 Å². The number of hydrogen-bond acceptors (Lipinski definition) is 4. The molecule has 0 aromatic rings. The average molecular weight is 266 g/mol. The van der Waals surface area contributed by atoms with E-state index in [9.17, 15) is 18.6 Å². The summed E-state index contributed by atoms with van der Waals surface area (Å²) in [6.45, 7) is 6.97. The van der Waals surface area contributed by atoms with Crippen LogP contribution in [-0.2, 0) is 9.84 Å². The third-order valence-electron chi connectivity index (χ3n) is 2.81. The van der Waals surface area contributed by atoms with Gasteiger partial charge in [0.2, 0.25) is 0 Å². The summed E-state index contributed by atoms with van der Waals surface area (Å²) < 4.78 is 24.5. The fourth-order valence-electron chi connectivity index (χ4n) is 1.95. The molecule has 0 rings (SSSR count). The van der Waals surface area contributed by atoms with E-state index in [1.807, 2.05) is 27.7 Å². The monoisotopic (exact) mass is 266 g/mol. The highest BCUT2D eigenvalue weighted by atomic mass is 32.2. The normalized spacial score (nSPS) is 16.5. The molecule has 5 heteroatoms. The van der Waals surface area contributed by atoms with Crippen molar-refractivity contribution >= 4 is 9.84 Å². The Bertz CT molecular complexity index is 272. The maximum Gasteiger partial charge on any atom is 0.160 e. The predicted octanol–water partition coefficient (Wildman–Crippen LogP) is 1.22. The van der Waals surface area contributed by atoms with Gasteiger partial charge in [-0.3, -0.25) is 0 Å². The zero-order chi connectivity index (χ0) is 13.6. The number of aliphatic hydroxyl groups excluding tert-OH is 2. The van der Waals surface area contributed by atoms with Gasteiger partial charge < -0.3 is 10.2 Å². The Labute approximate surface area is 105 Å². The molecule has 0 bridgehead atoms. The van der Waals surface area contributed by atoms with Gasteiger partial charge in [-0.1, -0.05) is 27.7 Å². The van der Waals surface area contributed by atoms with Crippen LogP contribution in [0.2, 0.25) is 0 Å². The van der Waals surface area contributed by atoms with Gasteiger partial charge in [0, 0.05) is 0 Å². The van der Waals surface area contributed by atoms with Crippen LogP contribution >= 0.6 is 0 Å². The molecule has 0 aliphatic rings. The quantitative estimate of drug-likeness (QED) is 0.692. The Morgan fingerprint density at radius 3 is 1.29 bits per heavy atom. The molecule has 0 radical (unpaired) electrons. The lowest BCUT2D eigenvalue weighted by Gasteiger charge is -2.24. The van der Waals surface area contributed by atoms with E-state index < -0.39 is 20.3 Å². The van der Waals surface area contributed by atoms with Crippen LogP contribution in [0.3, 0.4) is 0 Å². The van der Waals surface area contributed by atoms with Crippen LogP contribution < -0.4 is 0 Å². The zero-order valence-corrected chi connectivity index (χ0v) is 12.1. The SMILES string of the molecule is CC(C)CC(CO)S(=O)(=O)C(CO)CC(C)C. The first-order valence-corrected chi connectivity index (χ1v) is 7.81. The van der Waals surface area contributed by atoms with Gasteiger partial charge in [0.25, 0.3) is 0 Å². The molecule has 2 unspecified atom stereocenters. The summed E-state index contributed by atoms with van der Waals surface area (Å²) in [6.07, 6.45) is 0.876. The summed E-state index contributed by atoms with van der Waals surface area (Å²) in [5.41, 5.74) is 0. The molecule has 0 aliphatic heterocycles. The predicted molar refractivity (Wildman–Crippen MR) is 69.6 cm³/mol. The molecule has 0 aromatic carbocycles. The lowest BCUT2D eigenvalue weighted by atomic mass is 10.1. The van der Waals surface area contributed by atoms with Crippen molar-refractivity contribution in [3.05, 3.63) is 0 Å². The van der Waals surface area contributed by atoms with Crippen molar-refractivity contribution in [2.75, 3.05) is 13.2 Å². The van der Waals surface area contributed by atoms with Crippen LogP contribution in [0.4, 0.5) is 0 Å². The van der Waals surface area contributed by atoms with E-state index in [1.54, 1.807) is 0 Å². The van der Waals surface area contributed by atoms with Crippen LogP contribution in [0, 0.1) is 11.8 Å². The van der Waals surface area contributed by atoms with Crippen LogP contribution in [-0.4, -0.2) is 42.3 Å². The van der Waals surface area contributed by atoms with Gasteiger partial charge in [0.1, 0.15) is 0 Å². The van der Waals surface area contributed by atoms with E-state index in [1.165, 1.54) is 0 Å². The van der Waals surface area contributed by atoms with Crippen molar-refractivity contribution in [1.29, 1.82) is 0 Å². The molecule has 0 saturated heterocycles. The zero-order valence-electron chi connectivity index (χ0n) is 11.3. The topological polar surface area (TPSA) is 74.6 Å². The molecule has 0 aromatic heterocycles. The molecule has 0 amide bonds. The number of sulfone groups is 1. The van der Waals surface area contributed by atoms with E-state index >= 15 is 0 Å². The second-order valence-corrected chi connectivity index (χ2v) is 7.97. The van der Waals surface area contributed by atoms with Crippen LogP contribution in [0.15, 0.2) is 0 Å². The molecule has 2 N–H and O–H groups in total. The lowest BCUT2D eigenvalue weighted by molar-refractivity contribution is 0.262. The van der Waals surface area contributed by atoms with E-state index in [0.717, 1.165) is 0 Å². The maximum atomic E-state index is 12.2. The van der Waals surface area contributed by atoms with Gasteiger partial charge in [-0.05, 0) is 24.7 Å². The highest BCUT2D eigenvalue weighted by Gasteiger charge is 2.33. The second-order valence-electron chi connectivity index (χ2n) is 5.46. The van der Waals surface area contributed by atoms with Crippen molar-refractivity contribution in [2.24, 2.45) is 11.8 Å². The Kier molecular flexibility index (Phi) is 7.28. The van der Waals surface area contributed by atoms with E-state index in [2.05, 4.69) is 0 Å². The van der Waals surface area contributed by atoms with Crippen molar-refractivity contribution in [1.82, 2.24) is 0 Å². The molecule has 0 saturated carbocycles. The summed E-state index contributed by atoms with van der Waals surface area (Å²) in [6, 6.07) is 0. The van der Waals surface area contributed by atoms with Gasteiger partial charge in [0.15, 0.2) is 9.84 Å². The van der Waals surface area contributed by atoms with Gasteiger partial charge in [-0.2, -0.15) is 0 Å². The molecular formula is C12H26O4S. The molecule has 17 heavy (non-hydrogen) atoms. The maximum absolute atomic E-state index is 12.2. The molecule has 104 valence electrons. The lowest BCUT2D eigenvalue weighted by Crippen LogP contribution is -2.38.